The van der Waals surface area contributed by atoms with E-state index in [1.807, 2.05) is 31.3 Å². The summed E-state index contributed by atoms with van der Waals surface area (Å²) in [6.45, 7) is 1.10. The number of benzene rings is 2. The molecular weight excluding hydrogens is 309 g/mol. The van der Waals surface area contributed by atoms with E-state index in [4.69, 9.17) is 32.7 Å². The minimum atomic E-state index is 0.397. The Morgan fingerprint density at radius 2 is 1.90 bits per heavy atom. The van der Waals surface area contributed by atoms with E-state index in [2.05, 4.69) is 5.32 Å². The van der Waals surface area contributed by atoms with Gasteiger partial charge < -0.3 is 14.8 Å². The topological polar surface area (TPSA) is 30.5 Å². The summed E-state index contributed by atoms with van der Waals surface area (Å²) in [5.41, 5.74) is 1.99. The predicted molar refractivity (Wildman–Crippen MR) is 86.6 cm³/mol. The summed E-state index contributed by atoms with van der Waals surface area (Å²) in [5, 5.41) is 4.17. The fraction of sp³-hybridized carbons (Fsp3) is 0.250. The van der Waals surface area contributed by atoms with Crippen LogP contribution in [0.2, 0.25) is 10.0 Å². The smallest absolute Gasteiger partial charge is 0.166 e. The van der Waals surface area contributed by atoms with Gasteiger partial charge >= 0.3 is 0 Å². The number of methoxy groups -OCH3 is 1. The van der Waals surface area contributed by atoms with E-state index in [9.17, 15) is 0 Å². The molecule has 0 saturated heterocycles. The maximum absolute atomic E-state index is 6.01. The normalized spacial score (nSPS) is 10.5. The van der Waals surface area contributed by atoms with Crippen molar-refractivity contribution in [3.63, 3.8) is 0 Å². The monoisotopic (exact) mass is 325 g/mol. The van der Waals surface area contributed by atoms with Crippen molar-refractivity contribution in [3.8, 4) is 11.5 Å². The van der Waals surface area contributed by atoms with E-state index >= 15 is 0 Å². The van der Waals surface area contributed by atoms with Crippen LogP contribution in [0.4, 0.5) is 0 Å². The average Bonchev–Trinajstić information content (AvgIpc) is 2.49. The lowest BCUT2D eigenvalue weighted by Gasteiger charge is -2.15. The Hall–Kier alpha value is -1.42. The van der Waals surface area contributed by atoms with E-state index < -0.39 is 0 Å². The molecule has 0 fully saturated rings. The van der Waals surface area contributed by atoms with Crippen LogP contribution in [0.15, 0.2) is 36.4 Å². The highest BCUT2D eigenvalue weighted by atomic mass is 35.5. The Balaban J connectivity index is 2.20. The fourth-order valence-corrected chi connectivity index (χ4v) is 2.32. The highest BCUT2D eigenvalue weighted by molar-refractivity contribution is 6.42. The molecular formula is C16H17Cl2NO2. The van der Waals surface area contributed by atoms with Gasteiger partial charge in [0, 0.05) is 12.1 Å². The summed E-state index contributed by atoms with van der Waals surface area (Å²) in [5.74, 6) is 1.45. The molecule has 0 bridgehead atoms. The van der Waals surface area contributed by atoms with Crippen molar-refractivity contribution in [2.45, 2.75) is 13.2 Å². The minimum Gasteiger partial charge on any atom is -0.493 e. The second kappa shape index (κ2) is 7.55. The summed E-state index contributed by atoms with van der Waals surface area (Å²) in [7, 11) is 3.52. The molecule has 0 saturated carbocycles. The molecule has 0 aliphatic heterocycles. The third kappa shape index (κ3) is 4.03. The number of hydrogen-bond acceptors (Lipinski definition) is 3. The molecule has 2 aromatic carbocycles. The van der Waals surface area contributed by atoms with Crippen LogP contribution in [0.1, 0.15) is 11.1 Å². The van der Waals surface area contributed by atoms with E-state index in [1.165, 1.54) is 0 Å². The van der Waals surface area contributed by atoms with Crippen molar-refractivity contribution in [2.75, 3.05) is 14.2 Å². The molecule has 1 N–H and O–H groups in total. The number of hydrogen-bond donors (Lipinski definition) is 1. The van der Waals surface area contributed by atoms with Gasteiger partial charge in [-0.15, -0.1) is 0 Å². The average molecular weight is 326 g/mol. The van der Waals surface area contributed by atoms with Crippen LogP contribution in [0, 0.1) is 0 Å². The molecule has 2 aromatic rings. The summed E-state index contributed by atoms with van der Waals surface area (Å²) in [6.07, 6.45) is 0. The number of halogens is 2. The quantitative estimate of drug-likeness (QED) is 0.858. The number of rotatable bonds is 6. The molecule has 2 rings (SSSR count). The first-order valence-corrected chi connectivity index (χ1v) is 7.28. The van der Waals surface area contributed by atoms with Crippen molar-refractivity contribution >= 4 is 23.2 Å². The summed E-state index contributed by atoms with van der Waals surface area (Å²) < 4.78 is 11.3. The van der Waals surface area contributed by atoms with Crippen LogP contribution >= 0.6 is 23.2 Å². The molecule has 0 radical (unpaired) electrons. The first kappa shape index (κ1) is 16.0. The zero-order valence-corrected chi connectivity index (χ0v) is 13.5. The second-order valence-corrected chi connectivity index (χ2v) is 5.33. The molecule has 0 aliphatic carbocycles. The molecule has 0 aliphatic rings. The van der Waals surface area contributed by atoms with Crippen molar-refractivity contribution in [2.24, 2.45) is 0 Å². The molecule has 21 heavy (non-hydrogen) atoms. The molecule has 0 aromatic heterocycles. The molecule has 0 unspecified atom stereocenters. The van der Waals surface area contributed by atoms with E-state index in [-0.39, 0.29) is 0 Å². The molecule has 112 valence electrons. The van der Waals surface area contributed by atoms with Gasteiger partial charge in [-0.05, 0) is 30.8 Å². The summed E-state index contributed by atoms with van der Waals surface area (Å²) >= 11 is 11.9. The zero-order valence-electron chi connectivity index (χ0n) is 12.0. The Kier molecular flexibility index (Phi) is 5.74. The van der Waals surface area contributed by atoms with E-state index in [1.54, 1.807) is 19.2 Å². The van der Waals surface area contributed by atoms with Crippen LogP contribution in [0.25, 0.3) is 0 Å². The van der Waals surface area contributed by atoms with Crippen molar-refractivity contribution in [1.82, 2.24) is 5.32 Å². The molecule has 0 spiro atoms. The van der Waals surface area contributed by atoms with Crippen molar-refractivity contribution in [3.05, 3.63) is 57.6 Å². The maximum atomic E-state index is 6.01. The van der Waals surface area contributed by atoms with Crippen molar-refractivity contribution in [1.29, 1.82) is 0 Å². The van der Waals surface area contributed by atoms with Gasteiger partial charge in [0.25, 0.3) is 0 Å². The Bertz CT molecular complexity index is 617. The number of ether oxygens (including phenoxy) is 2. The van der Waals surface area contributed by atoms with Gasteiger partial charge in [0.2, 0.25) is 0 Å². The summed E-state index contributed by atoms with van der Waals surface area (Å²) in [4.78, 5) is 0. The third-order valence-electron chi connectivity index (χ3n) is 3.01. The van der Waals surface area contributed by atoms with Crippen molar-refractivity contribution < 1.29 is 9.47 Å². The van der Waals surface area contributed by atoms with Gasteiger partial charge in [-0.25, -0.2) is 0 Å². The van der Waals surface area contributed by atoms with Gasteiger partial charge in [0.05, 0.1) is 17.2 Å². The highest BCUT2D eigenvalue weighted by Gasteiger charge is 2.10. The molecule has 3 nitrogen and oxygen atoms in total. The van der Waals surface area contributed by atoms with Crippen LogP contribution in [0.3, 0.4) is 0 Å². The highest BCUT2D eigenvalue weighted by Crippen LogP contribution is 2.32. The SMILES string of the molecule is CNCc1cccc(OC)c1OCc1ccc(Cl)c(Cl)c1. The fourth-order valence-electron chi connectivity index (χ4n) is 2.00. The Morgan fingerprint density at radius 3 is 2.57 bits per heavy atom. The molecule has 0 amide bonds. The van der Waals surface area contributed by atoms with Crippen LogP contribution in [-0.2, 0) is 13.2 Å². The van der Waals surface area contributed by atoms with E-state index in [0.717, 1.165) is 16.9 Å². The zero-order chi connectivity index (χ0) is 15.2. The van der Waals surface area contributed by atoms with Gasteiger partial charge in [0.15, 0.2) is 11.5 Å². The van der Waals surface area contributed by atoms with E-state index in [0.29, 0.717) is 28.9 Å². The largest absolute Gasteiger partial charge is 0.493 e. The lowest BCUT2D eigenvalue weighted by atomic mass is 10.1. The lowest BCUT2D eigenvalue weighted by Crippen LogP contribution is -2.08. The van der Waals surface area contributed by atoms with Crippen LogP contribution in [-0.4, -0.2) is 14.2 Å². The third-order valence-corrected chi connectivity index (χ3v) is 3.75. The second-order valence-electron chi connectivity index (χ2n) is 4.52. The van der Waals surface area contributed by atoms with Gasteiger partial charge in [-0.2, -0.15) is 0 Å². The minimum absolute atomic E-state index is 0.397. The summed E-state index contributed by atoms with van der Waals surface area (Å²) in [6, 6.07) is 11.3. The molecule has 0 heterocycles. The van der Waals surface area contributed by atoms with Gasteiger partial charge in [-0.3, -0.25) is 0 Å². The predicted octanol–water partition coefficient (Wildman–Crippen LogP) is 4.30. The lowest BCUT2D eigenvalue weighted by molar-refractivity contribution is 0.281. The van der Waals surface area contributed by atoms with Gasteiger partial charge in [0.1, 0.15) is 6.61 Å². The van der Waals surface area contributed by atoms with Crippen LogP contribution in [0.5, 0.6) is 11.5 Å². The number of para-hydroxylation sites is 1. The van der Waals surface area contributed by atoms with Gasteiger partial charge in [-0.1, -0.05) is 41.4 Å². The molecule has 5 heteroatoms. The first-order chi connectivity index (χ1) is 10.2. The number of nitrogens with one attached hydrogen (secondary N) is 1. The molecule has 0 atom stereocenters. The Morgan fingerprint density at radius 1 is 1.10 bits per heavy atom. The Labute approximate surface area is 134 Å². The first-order valence-electron chi connectivity index (χ1n) is 6.53. The maximum Gasteiger partial charge on any atom is 0.166 e. The standard InChI is InChI=1S/C16H17Cl2NO2/c1-19-9-12-4-3-5-15(20-2)16(12)21-10-11-6-7-13(17)14(18)8-11/h3-8,19H,9-10H2,1-2H3. The van der Waals surface area contributed by atoms with Crippen LogP contribution < -0.4 is 14.8 Å².